The summed E-state index contributed by atoms with van der Waals surface area (Å²) < 4.78 is 43.6. The highest BCUT2D eigenvalue weighted by atomic mass is 32.2. The van der Waals surface area contributed by atoms with Crippen LogP contribution in [0.25, 0.3) is 0 Å². The highest BCUT2D eigenvalue weighted by Crippen LogP contribution is 2.40. The van der Waals surface area contributed by atoms with Crippen LogP contribution in [0.3, 0.4) is 0 Å². The number of amides is 1. The molecular formula is C26H28N2O6S. The lowest BCUT2D eigenvalue weighted by molar-refractivity contribution is -0.125. The van der Waals surface area contributed by atoms with Crippen molar-refractivity contribution < 1.29 is 26.9 Å². The Morgan fingerprint density at radius 1 is 0.857 bits per heavy atom. The van der Waals surface area contributed by atoms with Gasteiger partial charge in [0.25, 0.3) is 0 Å². The number of nitrogens with one attached hydrogen (secondary N) is 1. The van der Waals surface area contributed by atoms with Crippen molar-refractivity contribution in [3.05, 3.63) is 84.4 Å². The molecule has 8 nitrogen and oxygen atoms in total. The van der Waals surface area contributed by atoms with Crippen LogP contribution >= 0.6 is 0 Å². The third kappa shape index (κ3) is 5.35. The van der Waals surface area contributed by atoms with E-state index >= 15 is 0 Å². The first-order valence-corrected chi connectivity index (χ1v) is 12.6. The van der Waals surface area contributed by atoms with E-state index in [4.69, 9.17) is 13.7 Å². The lowest BCUT2D eigenvalue weighted by Crippen LogP contribution is -2.53. The number of anilines is 1. The third-order valence-electron chi connectivity index (χ3n) is 6.27. The van der Waals surface area contributed by atoms with Crippen LogP contribution in [0.1, 0.15) is 18.4 Å². The number of carbonyl (C=O) groups is 1. The van der Waals surface area contributed by atoms with E-state index in [1.165, 1.54) is 12.1 Å². The Labute approximate surface area is 205 Å². The second-order valence-electron chi connectivity index (χ2n) is 8.25. The van der Waals surface area contributed by atoms with E-state index in [0.717, 1.165) is 11.4 Å². The molecule has 0 bridgehead atoms. The van der Waals surface area contributed by atoms with Crippen molar-refractivity contribution >= 4 is 21.9 Å². The molecule has 0 spiro atoms. The molecule has 4 rings (SSSR count). The quantitative estimate of drug-likeness (QED) is 0.508. The molecular weight excluding hydrogens is 468 g/mol. The monoisotopic (exact) mass is 496 g/mol. The first-order chi connectivity index (χ1) is 16.9. The molecule has 1 heterocycles. The Balaban J connectivity index is 1.62. The minimum Gasteiger partial charge on any atom is -0.497 e. The van der Waals surface area contributed by atoms with Crippen molar-refractivity contribution in [3.8, 4) is 17.2 Å². The average Bonchev–Trinajstić information content (AvgIpc) is 2.88. The van der Waals surface area contributed by atoms with Crippen molar-refractivity contribution in [1.82, 2.24) is 4.72 Å². The molecule has 0 unspecified atom stereocenters. The topological polar surface area (TPSA) is 94.2 Å². The van der Waals surface area contributed by atoms with E-state index in [1.54, 1.807) is 50.6 Å². The lowest BCUT2D eigenvalue weighted by Gasteiger charge is -2.42. The number of hydrogen-bond acceptors (Lipinski definition) is 7. The summed E-state index contributed by atoms with van der Waals surface area (Å²) in [5.74, 6) is 0.811. The van der Waals surface area contributed by atoms with Crippen molar-refractivity contribution in [2.75, 3.05) is 32.2 Å². The standard InChI is InChI=1S/C26H28N2O6S/c1-32-22-12-8-9-20(19-22)26(25(29)27-35(30,31)34-21-10-4-3-5-11-21)15-17-28(18-16-26)23-13-6-7-14-24(23)33-2/h3-14,19H,15-18H2,1-2H3,(H,27,29). The van der Waals surface area contributed by atoms with Gasteiger partial charge in [-0.15, -0.1) is 0 Å². The fraction of sp³-hybridized carbons (Fsp3) is 0.269. The molecule has 0 radical (unpaired) electrons. The molecule has 9 heteroatoms. The number of piperidine rings is 1. The number of ether oxygens (including phenoxy) is 2. The third-order valence-corrected chi connectivity index (χ3v) is 7.11. The van der Waals surface area contributed by atoms with E-state index in [-0.39, 0.29) is 5.75 Å². The molecule has 1 N–H and O–H groups in total. The van der Waals surface area contributed by atoms with Crippen LogP contribution in [0.15, 0.2) is 78.9 Å². The van der Waals surface area contributed by atoms with Gasteiger partial charge in [0.2, 0.25) is 5.91 Å². The number of hydrogen-bond donors (Lipinski definition) is 1. The molecule has 1 amide bonds. The molecule has 0 saturated carbocycles. The number of methoxy groups -OCH3 is 2. The molecule has 1 aliphatic rings. The summed E-state index contributed by atoms with van der Waals surface area (Å²) in [6.07, 6.45) is 0.760. The Morgan fingerprint density at radius 3 is 2.20 bits per heavy atom. The Hall–Kier alpha value is -3.72. The SMILES string of the molecule is COc1cccc(C2(C(=O)NS(=O)(=O)Oc3ccccc3)CCN(c3ccccc3OC)CC2)c1. The zero-order valence-electron chi connectivity index (χ0n) is 19.6. The minimum atomic E-state index is -4.39. The van der Waals surface area contributed by atoms with E-state index in [1.807, 2.05) is 30.3 Å². The molecule has 0 aromatic heterocycles. The highest BCUT2D eigenvalue weighted by Gasteiger charge is 2.45. The van der Waals surface area contributed by atoms with Gasteiger partial charge in [-0.05, 0) is 54.8 Å². The van der Waals surface area contributed by atoms with Gasteiger partial charge in [-0.25, -0.2) is 4.72 Å². The van der Waals surface area contributed by atoms with E-state index < -0.39 is 21.6 Å². The maximum Gasteiger partial charge on any atom is 0.409 e. The van der Waals surface area contributed by atoms with Gasteiger partial charge < -0.3 is 18.6 Å². The average molecular weight is 497 g/mol. The van der Waals surface area contributed by atoms with Gasteiger partial charge in [0.1, 0.15) is 17.2 Å². The van der Waals surface area contributed by atoms with Crippen LogP contribution < -0.4 is 23.3 Å². The van der Waals surface area contributed by atoms with Gasteiger partial charge in [-0.2, -0.15) is 8.42 Å². The lowest BCUT2D eigenvalue weighted by atomic mass is 9.72. The van der Waals surface area contributed by atoms with Gasteiger partial charge in [-0.3, -0.25) is 4.79 Å². The molecule has 0 atom stereocenters. The molecule has 1 saturated heterocycles. The Kier molecular flexibility index (Phi) is 7.16. The van der Waals surface area contributed by atoms with Crippen LogP contribution in [0.2, 0.25) is 0 Å². The van der Waals surface area contributed by atoms with Crippen molar-refractivity contribution in [2.24, 2.45) is 0 Å². The number of benzene rings is 3. The van der Waals surface area contributed by atoms with Crippen molar-refractivity contribution in [1.29, 1.82) is 0 Å². The number of carbonyl (C=O) groups excluding carboxylic acids is 1. The largest absolute Gasteiger partial charge is 0.497 e. The van der Waals surface area contributed by atoms with Gasteiger partial charge in [0, 0.05) is 13.1 Å². The van der Waals surface area contributed by atoms with E-state index in [0.29, 0.717) is 37.2 Å². The summed E-state index contributed by atoms with van der Waals surface area (Å²) in [5, 5.41) is 0. The zero-order valence-corrected chi connectivity index (χ0v) is 20.5. The first kappa shape index (κ1) is 24.4. The molecule has 3 aromatic rings. The minimum absolute atomic E-state index is 0.120. The van der Waals surface area contributed by atoms with E-state index in [9.17, 15) is 13.2 Å². The van der Waals surface area contributed by atoms with Crippen LogP contribution in [0.5, 0.6) is 17.2 Å². The highest BCUT2D eigenvalue weighted by molar-refractivity contribution is 7.85. The van der Waals surface area contributed by atoms with Crippen LogP contribution in [-0.2, 0) is 20.5 Å². The first-order valence-electron chi connectivity index (χ1n) is 11.2. The normalized spacial score (nSPS) is 15.2. The van der Waals surface area contributed by atoms with Gasteiger partial charge in [0.15, 0.2) is 0 Å². The number of para-hydroxylation sites is 3. The van der Waals surface area contributed by atoms with Gasteiger partial charge in [0.05, 0.1) is 25.3 Å². The molecule has 1 aliphatic heterocycles. The number of rotatable bonds is 8. The molecule has 35 heavy (non-hydrogen) atoms. The predicted octanol–water partition coefficient (Wildman–Crippen LogP) is 3.68. The predicted molar refractivity (Wildman–Crippen MR) is 133 cm³/mol. The van der Waals surface area contributed by atoms with Gasteiger partial charge >= 0.3 is 10.3 Å². The molecule has 184 valence electrons. The fourth-order valence-corrected chi connectivity index (χ4v) is 5.25. The van der Waals surface area contributed by atoms with Crippen molar-refractivity contribution in [3.63, 3.8) is 0 Å². The van der Waals surface area contributed by atoms with Crippen LogP contribution in [0, 0.1) is 0 Å². The maximum atomic E-state index is 13.6. The van der Waals surface area contributed by atoms with E-state index in [2.05, 4.69) is 9.62 Å². The fourth-order valence-electron chi connectivity index (χ4n) is 4.42. The summed E-state index contributed by atoms with van der Waals surface area (Å²) in [5.41, 5.74) is 0.513. The van der Waals surface area contributed by atoms with Crippen molar-refractivity contribution in [2.45, 2.75) is 18.3 Å². The second kappa shape index (κ2) is 10.3. The van der Waals surface area contributed by atoms with Crippen LogP contribution in [-0.4, -0.2) is 41.6 Å². The summed E-state index contributed by atoms with van der Waals surface area (Å²) in [4.78, 5) is 15.8. The smallest absolute Gasteiger partial charge is 0.409 e. The second-order valence-corrected chi connectivity index (χ2v) is 9.53. The summed E-state index contributed by atoms with van der Waals surface area (Å²) >= 11 is 0. The Morgan fingerprint density at radius 2 is 1.51 bits per heavy atom. The summed E-state index contributed by atoms with van der Waals surface area (Å²) in [7, 11) is -1.22. The van der Waals surface area contributed by atoms with Crippen LogP contribution in [0.4, 0.5) is 5.69 Å². The molecule has 3 aromatic carbocycles. The molecule has 1 fully saturated rings. The number of nitrogens with zero attached hydrogens (tertiary/aromatic N) is 1. The maximum absolute atomic E-state index is 13.6. The summed E-state index contributed by atoms with van der Waals surface area (Å²) in [6.45, 7) is 1.04. The zero-order chi connectivity index (χ0) is 24.9. The summed E-state index contributed by atoms with van der Waals surface area (Å²) in [6, 6.07) is 22.9. The Bertz CT molecular complexity index is 1270. The molecule has 0 aliphatic carbocycles. The van der Waals surface area contributed by atoms with Gasteiger partial charge in [-0.1, -0.05) is 42.5 Å².